The Labute approximate surface area is 298 Å². The van der Waals surface area contributed by atoms with Crippen LogP contribution in [0.4, 0.5) is 5.69 Å². The summed E-state index contributed by atoms with van der Waals surface area (Å²) in [6, 6.07) is 32.0. The van der Waals surface area contributed by atoms with Crippen molar-refractivity contribution in [3.63, 3.8) is 0 Å². The maximum atomic E-state index is 11.4. The number of allylic oxidation sites excluding steroid dienone is 1. The first kappa shape index (κ1) is 31.9. The van der Waals surface area contributed by atoms with Gasteiger partial charge >= 0.3 is 14.2 Å². The Balaban J connectivity index is 1.18. The molecule has 0 spiro atoms. The van der Waals surface area contributed by atoms with Crippen molar-refractivity contribution in [2.75, 3.05) is 5.32 Å². The molecule has 0 radical (unpaired) electrons. The van der Waals surface area contributed by atoms with Crippen LogP contribution >= 0.6 is 0 Å². The van der Waals surface area contributed by atoms with Crippen LogP contribution in [0.2, 0.25) is 0 Å². The van der Waals surface area contributed by atoms with E-state index in [1.165, 1.54) is 0 Å². The van der Waals surface area contributed by atoms with Crippen molar-refractivity contribution >= 4 is 65.4 Å². The molecule has 0 atom stereocenters. The van der Waals surface area contributed by atoms with Gasteiger partial charge in [-0.05, 0) is 92.8 Å². The van der Waals surface area contributed by atoms with E-state index < -0.39 is 14.2 Å². The van der Waals surface area contributed by atoms with E-state index in [0.29, 0.717) is 39.9 Å². The molecule has 6 N–H and O–H groups in total. The zero-order valence-electron chi connectivity index (χ0n) is 27.6. The van der Waals surface area contributed by atoms with Gasteiger partial charge in [0.25, 0.3) is 5.95 Å². The van der Waals surface area contributed by atoms with E-state index in [1.54, 1.807) is 24.3 Å². The number of aliphatic hydroxyl groups excluding tert-OH is 1. The first-order valence-corrected chi connectivity index (χ1v) is 16.9. The van der Waals surface area contributed by atoms with Crippen molar-refractivity contribution in [1.29, 1.82) is 0 Å². The number of anilines is 1. The number of benzene rings is 6. The summed E-state index contributed by atoms with van der Waals surface area (Å²) in [6.45, 7) is 0.661. The first-order chi connectivity index (χ1) is 25.3. The summed E-state index contributed by atoms with van der Waals surface area (Å²) in [6.07, 6.45) is 5.86. The number of aliphatic hydroxyl groups is 1. The molecule has 3 aliphatic rings. The molecule has 0 amide bonds. The summed E-state index contributed by atoms with van der Waals surface area (Å²) in [7, 11) is -3.15. The van der Waals surface area contributed by atoms with Crippen LogP contribution < -0.4 is 36.2 Å². The maximum Gasteiger partial charge on any atom is 0.488 e. The number of ether oxygens (including phenoxy) is 2. The minimum absolute atomic E-state index is 0.210. The third-order valence-corrected chi connectivity index (χ3v) is 9.84. The second kappa shape index (κ2) is 12.6. The number of hydrogen-bond acceptors (Lipinski definition) is 9. The lowest BCUT2D eigenvalue weighted by Crippen LogP contribution is -2.33. The van der Waals surface area contributed by atoms with Gasteiger partial charge in [-0.2, -0.15) is 0 Å². The van der Waals surface area contributed by atoms with Crippen LogP contribution in [0.15, 0.2) is 114 Å². The smallest absolute Gasteiger partial charge is 0.480 e. The molecule has 0 saturated carbocycles. The number of nitrogens with zero attached hydrogens (tertiary/aromatic N) is 1. The van der Waals surface area contributed by atoms with Gasteiger partial charge in [0, 0.05) is 39.2 Å². The Bertz CT molecular complexity index is 2760. The summed E-state index contributed by atoms with van der Waals surface area (Å²) < 4.78 is 13.2. The molecule has 2 aliphatic heterocycles. The van der Waals surface area contributed by atoms with E-state index in [4.69, 9.17) is 14.5 Å². The third-order valence-electron chi connectivity index (χ3n) is 9.84. The van der Waals surface area contributed by atoms with Crippen molar-refractivity contribution in [2.45, 2.75) is 13.1 Å². The number of fused-ring (bicyclic) bond motifs is 5. The van der Waals surface area contributed by atoms with Gasteiger partial charge in [-0.1, -0.05) is 66.7 Å². The average molecular weight is 684 g/mol. The lowest BCUT2D eigenvalue weighted by molar-refractivity contribution is 0.305. The minimum atomic E-state index is -1.58. The van der Waals surface area contributed by atoms with Crippen LogP contribution in [0, 0.1) is 10.4 Å². The van der Waals surface area contributed by atoms with Crippen LogP contribution in [0.5, 0.6) is 17.2 Å². The Kier molecular flexibility index (Phi) is 7.71. The van der Waals surface area contributed by atoms with Crippen molar-refractivity contribution in [1.82, 2.24) is 0 Å². The van der Waals surface area contributed by atoms with Gasteiger partial charge in [0.1, 0.15) is 5.75 Å². The lowest BCUT2D eigenvalue weighted by atomic mass is 9.77. The highest BCUT2D eigenvalue weighted by atomic mass is 16.6. The summed E-state index contributed by atoms with van der Waals surface area (Å²) in [4.78, 5) is 4.77. The molecule has 52 heavy (non-hydrogen) atoms. The molecule has 252 valence electrons. The van der Waals surface area contributed by atoms with Crippen molar-refractivity contribution in [3.05, 3.63) is 147 Å². The van der Waals surface area contributed by atoms with Crippen LogP contribution in [0.25, 0.3) is 40.0 Å². The van der Waals surface area contributed by atoms with Crippen LogP contribution in [0.3, 0.4) is 0 Å². The zero-order chi connectivity index (χ0) is 35.5. The van der Waals surface area contributed by atoms with Gasteiger partial charge in [-0.25, -0.2) is 0 Å². The van der Waals surface area contributed by atoms with Gasteiger partial charge in [0.15, 0.2) is 11.5 Å². The van der Waals surface area contributed by atoms with Crippen LogP contribution in [0.1, 0.15) is 16.7 Å². The maximum absolute atomic E-state index is 11.4. The number of nitrogens with one attached hydrogen (secondary N) is 1. The van der Waals surface area contributed by atoms with Crippen LogP contribution in [-0.4, -0.2) is 45.2 Å². The molecule has 6 aromatic rings. The zero-order valence-corrected chi connectivity index (χ0v) is 27.6. The second-order valence-corrected chi connectivity index (χ2v) is 12.9. The quantitative estimate of drug-likeness (QED) is 0.141. The van der Waals surface area contributed by atoms with Gasteiger partial charge in [-0.15, -0.1) is 0 Å². The van der Waals surface area contributed by atoms with E-state index in [1.807, 2.05) is 97.1 Å². The number of aliphatic imine (C=N–C) groups is 1. The molecule has 0 unspecified atom stereocenters. The summed E-state index contributed by atoms with van der Waals surface area (Å²) in [5.41, 5.74) is 6.43. The molecule has 0 saturated heterocycles. The van der Waals surface area contributed by atoms with Crippen LogP contribution in [-0.2, 0) is 13.1 Å². The monoisotopic (exact) mass is 684 g/mol. The summed E-state index contributed by atoms with van der Waals surface area (Å²) in [5.74, 6) is 1.29. The van der Waals surface area contributed by atoms with E-state index in [-0.39, 0.29) is 12.5 Å². The van der Waals surface area contributed by atoms with E-state index in [2.05, 4.69) is 5.32 Å². The molecule has 9 nitrogen and oxygen atoms in total. The molecular weight excluding hydrogens is 654 g/mol. The molecule has 0 aromatic heterocycles. The van der Waals surface area contributed by atoms with Gasteiger partial charge in [0.05, 0.1) is 17.5 Å². The fourth-order valence-electron chi connectivity index (χ4n) is 7.31. The fourth-order valence-corrected chi connectivity index (χ4v) is 7.31. The topological polar surface area (TPSA) is 144 Å². The molecular formula is C41H30B2N2O7. The predicted octanol–water partition coefficient (Wildman–Crippen LogP) is 3.34. The predicted molar refractivity (Wildman–Crippen MR) is 204 cm³/mol. The summed E-state index contributed by atoms with van der Waals surface area (Å²) >= 11 is 0. The Hall–Kier alpha value is -6.10. The first-order valence-electron chi connectivity index (χ1n) is 16.9. The normalized spacial score (nSPS) is 14.0. The Morgan fingerprint density at radius 1 is 0.654 bits per heavy atom. The van der Waals surface area contributed by atoms with Gasteiger partial charge in [0.2, 0.25) is 0 Å². The highest BCUT2D eigenvalue weighted by Gasteiger charge is 2.28. The molecule has 9 rings (SSSR count). The largest absolute Gasteiger partial charge is 0.488 e. The van der Waals surface area contributed by atoms with E-state index >= 15 is 0 Å². The number of hydrogen-bond donors (Lipinski definition) is 6. The van der Waals surface area contributed by atoms with Gasteiger partial charge in [-0.3, -0.25) is 4.99 Å². The second-order valence-electron chi connectivity index (χ2n) is 12.9. The van der Waals surface area contributed by atoms with Crippen molar-refractivity contribution < 1.29 is 34.7 Å². The SMILES string of the molecule is OB(O)c1ccccc1CN=C1C=Cc2c3c(ccc2=C1)=c1c2cccc1=C(O)Oc1c-2cc2cc(NCc4ccccc4B(O)O)ccc2c1O3. The lowest BCUT2D eigenvalue weighted by Gasteiger charge is -2.21. The summed E-state index contributed by atoms with van der Waals surface area (Å²) in [5, 5.41) is 58.8. The molecule has 6 bridgehead atoms. The molecule has 11 heteroatoms. The highest BCUT2D eigenvalue weighted by molar-refractivity contribution is 6.59. The van der Waals surface area contributed by atoms with Crippen molar-refractivity contribution in [3.8, 4) is 28.4 Å². The molecule has 2 heterocycles. The standard InChI is InChI=1S/C41H30B2N2O7/c46-41-33-9-5-8-31-34-20-26-19-28(45-22-25-7-2-4-11-36(25)43(49)50)14-17-30(26)39(40(34)52-41)51-38-29-16-13-27(18-23(29)12-15-32(38)37(31)33)44-21-24-6-1-3-10-35(24)42(47)48/h1-20,45-50H,21-22H2. The minimum Gasteiger partial charge on any atom is -0.480 e. The molecule has 1 aliphatic carbocycles. The molecule has 6 aromatic carbocycles. The average Bonchev–Trinajstić information content (AvgIpc) is 3.19. The highest BCUT2D eigenvalue weighted by Crippen LogP contribution is 2.49. The fraction of sp³-hybridized carbons (Fsp3) is 0.0488. The molecule has 0 fully saturated rings. The van der Waals surface area contributed by atoms with Gasteiger partial charge < -0.3 is 40.0 Å². The van der Waals surface area contributed by atoms with E-state index in [0.717, 1.165) is 65.6 Å². The number of rotatable bonds is 7. The third kappa shape index (κ3) is 5.35. The Morgan fingerprint density at radius 2 is 1.42 bits per heavy atom. The Morgan fingerprint density at radius 3 is 2.23 bits per heavy atom. The van der Waals surface area contributed by atoms with Crippen molar-refractivity contribution in [2.24, 2.45) is 4.99 Å². The van der Waals surface area contributed by atoms with E-state index in [9.17, 15) is 25.2 Å².